The SMILES string of the molecule is CC(C)P(Nc1cccc(NP(C(C)C)C(C)C)n1)C(C)C.[C-]#[O+].[C-]#[O+].[Mn]. The largest absolute Gasteiger partial charge is 0 e. The molecule has 1 heterocycles. The maximum absolute atomic E-state index is 7.50. The number of aromatic nitrogens is 1. The predicted octanol–water partition coefficient (Wildman–Crippen LogP) is 6.26. The van der Waals surface area contributed by atoms with Crippen molar-refractivity contribution < 1.29 is 26.4 Å². The minimum atomic E-state index is -0.248. The first-order chi connectivity index (χ1) is 12.2. The first-order valence-electron chi connectivity index (χ1n) is 8.70. The zero-order valence-electron chi connectivity index (χ0n) is 17.6. The fraction of sp³-hybridized carbons (Fsp3) is 0.632. The van der Waals surface area contributed by atoms with E-state index in [4.69, 9.17) is 14.3 Å². The molecule has 0 bridgehead atoms. The van der Waals surface area contributed by atoms with Gasteiger partial charge in [-0.3, -0.25) is 0 Å². The summed E-state index contributed by atoms with van der Waals surface area (Å²) in [4.78, 5) is 4.79. The van der Waals surface area contributed by atoms with Crippen LogP contribution in [0, 0.1) is 13.3 Å². The van der Waals surface area contributed by atoms with E-state index in [-0.39, 0.29) is 33.2 Å². The molecular formula is C19H33MnN3O2P2. The Morgan fingerprint density at radius 2 is 0.963 bits per heavy atom. The summed E-state index contributed by atoms with van der Waals surface area (Å²) in [7, 11) is -0.495. The molecule has 1 aromatic rings. The standard InChI is InChI=1S/C17H33N3P2.2CO.Mn/c1-12(2)21(13(3)4)19-16-10-9-11-17(18-16)20-22(14(5)6)15(7)8;2*1-2;/h9-15H,1-8H3,(H2,18,19,20);;;. The smallest absolute Gasteiger partial charge is 0 e. The molecule has 1 aromatic heterocycles. The van der Waals surface area contributed by atoms with Crippen LogP contribution < -0.4 is 10.2 Å². The van der Waals surface area contributed by atoms with Crippen LogP contribution in [0.5, 0.6) is 0 Å². The van der Waals surface area contributed by atoms with Gasteiger partial charge < -0.3 is 10.2 Å². The summed E-state index contributed by atoms with van der Waals surface area (Å²) in [6.45, 7) is 27.3. The molecule has 0 saturated heterocycles. The van der Waals surface area contributed by atoms with E-state index in [1.807, 2.05) is 0 Å². The van der Waals surface area contributed by atoms with E-state index in [1.165, 1.54) is 0 Å². The van der Waals surface area contributed by atoms with Crippen molar-refractivity contribution in [3.8, 4) is 0 Å². The minimum absolute atomic E-state index is 0. The summed E-state index contributed by atoms with van der Waals surface area (Å²) in [5.74, 6) is 2.00. The van der Waals surface area contributed by atoms with Gasteiger partial charge in [-0.25, -0.2) is 4.98 Å². The van der Waals surface area contributed by atoms with Gasteiger partial charge in [0.05, 0.1) is 0 Å². The number of hydrogen-bond donors (Lipinski definition) is 2. The Balaban J connectivity index is -0.00000108. The molecule has 1 rings (SSSR count). The molecule has 0 fully saturated rings. The van der Waals surface area contributed by atoms with Crippen LogP contribution in [0.4, 0.5) is 11.6 Å². The van der Waals surface area contributed by atoms with Crippen molar-refractivity contribution in [3.05, 3.63) is 31.5 Å². The monoisotopic (exact) mass is 452 g/mol. The third-order valence-electron chi connectivity index (χ3n) is 3.46. The summed E-state index contributed by atoms with van der Waals surface area (Å²) < 4.78 is 15.0. The van der Waals surface area contributed by atoms with Crippen LogP contribution in [0.1, 0.15) is 55.4 Å². The van der Waals surface area contributed by atoms with Gasteiger partial charge in [-0.1, -0.05) is 61.5 Å². The summed E-state index contributed by atoms with van der Waals surface area (Å²) in [5, 5.41) is 7.34. The maximum atomic E-state index is 7.50. The molecule has 0 atom stereocenters. The predicted molar refractivity (Wildman–Crippen MR) is 114 cm³/mol. The summed E-state index contributed by atoms with van der Waals surface area (Å²) in [6, 6.07) is 6.26. The molecule has 0 saturated carbocycles. The third-order valence-corrected chi connectivity index (χ3v) is 8.89. The van der Waals surface area contributed by atoms with Gasteiger partial charge in [-0.05, 0) is 50.9 Å². The van der Waals surface area contributed by atoms with Crippen molar-refractivity contribution in [3.63, 3.8) is 0 Å². The number of pyridine rings is 1. The number of anilines is 2. The van der Waals surface area contributed by atoms with E-state index in [2.05, 4.69) is 97.1 Å². The van der Waals surface area contributed by atoms with Gasteiger partial charge in [0, 0.05) is 17.1 Å². The summed E-state index contributed by atoms with van der Waals surface area (Å²) >= 11 is 0. The molecule has 0 aliphatic heterocycles. The maximum Gasteiger partial charge on any atom is 0 e. The molecule has 0 unspecified atom stereocenters. The summed E-state index contributed by atoms with van der Waals surface area (Å²) in [5.41, 5.74) is 2.60. The van der Waals surface area contributed by atoms with Gasteiger partial charge in [0.15, 0.2) is 0 Å². The topological polar surface area (TPSA) is 76.8 Å². The average molecular weight is 452 g/mol. The van der Waals surface area contributed by atoms with Crippen LogP contribution in [-0.2, 0) is 26.4 Å². The Labute approximate surface area is 178 Å². The van der Waals surface area contributed by atoms with Crippen LogP contribution in [0.2, 0.25) is 0 Å². The quantitative estimate of drug-likeness (QED) is 0.212. The van der Waals surface area contributed by atoms with E-state index in [0.717, 1.165) is 11.6 Å². The first kappa shape index (κ1) is 31.3. The third kappa shape index (κ3) is 12.6. The molecule has 0 aliphatic rings. The molecule has 1 radical (unpaired) electrons. The molecule has 2 N–H and O–H groups in total. The number of hydrogen-bond acceptors (Lipinski definition) is 3. The van der Waals surface area contributed by atoms with Crippen molar-refractivity contribution in [2.24, 2.45) is 0 Å². The molecule has 8 heteroatoms. The minimum Gasteiger partial charge on any atom is 0 e. The second-order valence-corrected chi connectivity index (χ2v) is 13.0. The zero-order valence-corrected chi connectivity index (χ0v) is 20.5. The number of nitrogens with zero attached hydrogens (tertiary/aromatic N) is 1. The van der Waals surface area contributed by atoms with Crippen LogP contribution in [0.15, 0.2) is 18.2 Å². The van der Waals surface area contributed by atoms with Crippen LogP contribution in [-0.4, -0.2) is 27.6 Å². The zero-order chi connectivity index (χ0) is 20.9. The van der Waals surface area contributed by atoms with Crippen molar-refractivity contribution in [2.75, 3.05) is 10.2 Å². The Hall–Kier alpha value is -0.391. The van der Waals surface area contributed by atoms with Crippen molar-refractivity contribution in [1.82, 2.24) is 4.98 Å². The van der Waals surface area contributed by atoms with Gasteiger partial charge in [-0.15, -0.1) is 0 Å². The van der Waals surface area contributed by atoms with Crippen LogP contribution in [0.3, 0.4) is 0 Å². The van der Waals surface area contributed by atoms with Gasteiger partial charge in [0.1, 0.15) is 11.6 Å². The normalized spacial score (nSPS) is 10.1. The van der Waals surface area contributed by atoms with Crippen molar-refractivity contribution >= 4 is 27.8 Å². The molecule has 0 spiro atoms. The fourth-order valence-electron chi connectivity index (χ4n) is 2.53. The van der Waals surface area contributed by atoms with Gasteiger partial charge in [-0.2, -0.15) is 0 Å². The molecule has 0 amide bonds. The molecule has 27 heavy (non-hydrogen) atoms. The van der Waals surface area contributed by atoms with E-state index >= 15 is 0 Å². The van der Waals surface area contributed by atoms with Crippen molar-refractivity contribution in [1.29, 1.82) is 0 Å². The van der Waals surface area contributed by atoms with Crippen LogP contribution >= 0.6 is 16.1 Å². The summed E-state index contributed by atoms with van der Waals surface area (Å²) in [6.07, 6.45) is 0. The van der Waals surface area contributed by atoms with E-state index in [9.17, 15) is 0 Å². The Bertz CT molecular complexity index is 479. The first-order valence-corrected chi connectivity index (χ1v) is 11.7. The molecule has 0 aromatic carbocycles. The van der Waals surface area contributed by atoms with Gasteiger partial charge in [0.2, 0.25) is 0 Å². The molecule has 153 valence electrons. The molecular weight excluding hydrogens is 419 g/mol. The second kappa shape index (κ2) is 17.7. The average Bonchev–Trinajstić information content (AvgIpc) is 2.60. The van der Waals surface area contributed by atoms with E-state index in [1.54, 1.807) is 0 Å². The number of rotatable bonds is 8. The van der Waals surface area contributed by atoms with Gasteiger partial charge >= 0.3 is 22.6 Å². The fourth-order valence-corrected chi connectivity index (χ4v) is 6.73. The number of nitrogens with one attached hydrogen (secondary N) is 2. The van der Waals surface area contributed by atoms with E-state index < -0.39 is 0 Å². The second-order valence-electron chi connectivity index (χ2n) is 6.82. The van der Waals surface area contributed by atoms with Crippen LogP contribution in [0.25, 0.3) is 0 Å². The molecule has 0 aliphatic carbocycles. The van der Waals surface area contributed by atoms with Gasteiger partial charge in [0.25, 0.3) is 0 Å². The molecule has 5 nitrogen and oxygen atoms in total. The van der Waals surface area contributed by atoms with Crippen molar-refractivity contribution in [2.45, 2.75) is 78.0 Å². The Kier molecular flexibility index (Phi) is 20.5. The Morgan fingerprint density at radius 1 is 0.704 bits per heavy atom. The Morgan fingerprint density at radius 3 is 1.19 bits per heavy atom. The van der Waals surface area contributed by atoms with E-state index in [0.29, 0.717) is 22.6 Å².